The molecule has 0 aliphatic rings. The van der Waals surface area contributed by atoms with E-state index in [-0.39, 0.29) is 22.0 Å². The summed E-state index contributed by atoms with van der Waals surface area (Å²) in [6, 6.07) is 50.7. The lowest BCUT2D eigenvalue weighted by Crippen LogP contribution is -2.19. The first-order chi connectivity index (χ1) is 33.3. The van der Waals surface area contributed by atoms with Crippen molar-refractivity contribution >= 4 is 89.9 Å². The number of rotatable bonds is 11. The topological polar surface area (TPSA) is 129 Å². The number of nitrogens with one attached hydrogen (secondary N) is 2. The van der Waals surface area contributed by atoms with Crippen LogP contribution in [0, 0.1) is 13.8 Å². The zero-order valence-electron chi connectivity index (χ0n) is 37.2. The highest BCUT2D eigenvalue weighted by Gasteiger charge is 2.14. The summed E-state index contributed by atoms with van der Waals surface area (Å²) in [5.74, 6) is 0.946. The molecule has 69 heavy (non-hydrogen) atoms. The Morgan fingerprint density at radius 2 is 0.826 bits per heavy atom. The fraction of sp³-hybridized carbons (Fsp3) is 0.0943. The van der Waals surface area contributed by atoms with Crippen molar-refractivity contribution in [2.45, 2.75) is 33.5 Å². The van der Waals surface area contributed by atoms with Gasteiger partial charge in [0.25, 0.3) is 16.7 Å². The van der Waals surface area contributed by atoms with E-state index in [4.69, 9.17) is 34.8 Å². The third-order valence-electron chi connectivity index (χ3n) is 10.6. The molecule has 3 heterocycles. The SMILES string of the molecule is Cc1c(Cl)cccc1Nc1nc(=O)c(-c2ccccc2)cn1Cc1ccccc1.Cc1c(Cl)cccc1Nc1nc(=O)c(Br)cn1Cc1ccccc1.O=c1nc(Cl)n(Cc2ccccc2)cc1Br. The summed E-state index contributed by atoms with van der Waals surface area (Å²) in [5.41, 5.74) is 7.23. The first kappa shape index (κ1) is 50.3. The van der Waals surface area contributed by atoms with Gasteiger partial charge in [-0.1, -0.05) is 157 Å². The molecule has 0 amide bonds. The Morgan fingerprint density at radius 1 is 0.449 bits per heavy atom. The quantitative estimate of drug-likeness (QED) is 0.123. The van der Waals surface area contributed by atoms with Gasteiger partial charge in [0.2, 0.25) is 17.2 Å². The molecule has 11 nitrogen and oxygen atoms in total. The van der Waals surface area contributed by atoms with E-state index < -0.39 is 0 Å². The molecule has 0 saturated heterocycles. The zero-order chi connectivity index (χ0) is 48.9. The van der Waals surface area contributed by atoms with E-state index in [1.165, 1.54) is 0 Å². The average Bonchev–Trinajstić information content (AvgIpc) is 3.35. The molecule has 16 heteroatoms. The second-order valence-electron chi connectivity index (χ2n) is 15.4. The molecule has 348 valence electrons. The van der Waals surface area contributed by atoms with Crippen LogP contribution in [-0.4, -0.2) is 28.7 Å². The first-order valence-electron chi connectivity index (χ1n) is 21.4. The Balaban J connectivity index is 0.000000159. The van der Waals surface area contributed by atoms with Crippen molar-refractivity contribution in [1.29, 1.82) is 0 Å². The molecule has 0 bridgehead atoms. The molecule has 9 aromatic rings. The van der Waals surface area contributed by atoms with Crippen LogP contribution in [-0.2, 0) is 19.6 Å². The summed E-state index contributed by atoms with van der Waals surface area (Å²) in [7, 11) is 0. The van der Waals surface area contributed by atoms with Gasteiger partial charge in [0.15, 0.2) is 0 Å². The van der Waals surface area contributed by atoms with Crippen LogP contribution in [0.3, 0.4) is 0 Å². The first-order valence-corrected chi connectivity index (χ1v) is 24.1. The molecule has 0 saturated carbocycles. The number of benzene rings is 6. The van der Waals surface area contributed by atoms with Gasteiger partial charge in [0, 0.05) is 46.6 Å². The number of hydrogen-bond acceptors (Lipinski definition) is 8. The fourth-order valence-corrected chi connectivity index (χ4v) is 8.05. The van der Waals surface area contributed by atoms with Gasteiger partial charge in [-0.2, -0.15) is 15.0 Å². The summed E-state index contributed by atoms with van der Waals surface area (Å²) in [4.78, 5) is 48.1. The highest BCUT2D eigenvalue weighted by Crippen LogP contribution is 2.28. The molecule has 0 radical (unpaired) electrons. The molecule has 0 fully saturated rings. The zero-order valence-corrected chi connectivity index (χ0v) is 42.6. The number of hydrogen-bond donors (Lipinski definition) is 2. The predicted octanol–water partition coefficient (Wildman–Crippen LogP) is 13.1. The van der Waals surface area contributed by atoms with Gasteiger partial charge >= 0.3 is 0 Å². The van der Waals surface area contributed by atoms with Crippen LogP contribution in [0.15, 0.2) is 200 Å². The van der Waals surface area contributed by atoms with Crippen molar-refractivity contribution in [2.75, 3.05) is 10.6 Å². The lowest BCUT2D eigenvalue weighted by Gasteiger charge is -2.17. The summed E-state index contributed by atoms with van der Waals surface area (Å²) in [6.45, 7) is 5.61. The minimum Gasteiger partial charge on any atom is -0.325 e. The van der Waals surface area contributed by atoms with Gasteiger partial charge in [0.1, 0.15) is 8.95 Å². The summed E-state index contributed by atoms with van der Waals surface area (Å²) >= 11 is 24.7. The smallest absolute Gasteiger partial charge is 0.288 e. The Morgan fingerprint density at radius 3 is 1.29 bits per heavy atom. The van der Waals surface area contributed by atoms with Gasteiger partial charge in [0.05, 0.1) is 18.7 Å². The van der Waals surface area contributed by atoms with Crippen molar-refractivity contribution in [3.05, 3.63) is 259 Å². The molecule has 0 aliphatic heterocycles. The number of aromatic nitrogens is 6. The minimum atomic E-state index is -0.352. The molecule has 0 spiro atoms. The standard InChI is InChI=1S/C24H20ClN3O.C18H15BrClN3O.C11H8BrClN2O/c1-17-21(25)13-8-14-22(17)26-24-27-23(29)20(19-11-6-3-7-12-19)16-28(24)15-18-9-4-2-5-10-18;1-12-15(20)8-5-9-16(12)21-18-22-17(24)14(19)11-23(18)10-13-6-3-2-4-7-13;12-9-7-15(11(13)14-10(9)16)6-8-4-2-1-3-5-8/h2-14,16H,15H2,1H3,(H,26,27,29);2-9,11H,10H2,1H3,(H,21,22,24);1-5,7H,6H2. The van der Waals surface area contributed by atoms with Crippen LogP contribution in [0.25, 0.3) is 11.1 Å². The second kappa shape index (κ2) is 24.1. The van der Waals surface area contributed by atoms with Gasteiger partial charge in [-0.15, -0.1) is 0 Å². The van der Waals surface area contributed by atoms with Crippen LogP contribution in [0.1, 0.15) is 27.8 Å². The number of halogens is 5. The van der Waals surface area contributed by atoms with Gasteiger partial charge < -0.3 is 24.3 Å². The van der Waals surface area contributed by atoms with E-state index in [9.17, 15) is 14.4 Å². The molecular weight excluding hydrogens is 1060 g/mol. The lowest BCUT2D eigenvalue weighted by atomic mass is 10.1. The summed E-state index contributed by atoms with van der Waals surface area (Å²) < 4.78 is 6.39. The molecule has 2 N–H and O–H groups in total. The molecule has 0 unspecified atom stereocenters. The van der Waals surface area contributed by atoms with E-state index in [0.29, 0.717) is 56.1 Å². The third kappa shape index (κ3) is 13.8. The van der Waals surface area contributed by atoms with Crippen molar-refractivity contribution in [3.8, 4) is 11.1 Å². The van der Waals surface area contributed by atoms with Crippen LogP contribution in [0.5, 0.6) is 0 Å². The van der Waals surface area contributed by atoms with Crippen molar-refractivity contribution in [1.82, 2.24) is 28.7 Å². The normalized spacial score (nSPS) is 10.6. The Labute approximate surface area is 430 Å². The van der Waals surface area contributed by atoms with E-state index in [1.807, 2.05) is 175 Å². The monoisotopic (exact) mass is 1100 g/mol. The van der Waals surface area contributed by atoms with Crippen LogP contribution in [0.2, 0.25) is 15.3 Å². The number of nitrogens with zero attached hydrogens (tertiary/aromatic N) is 6. The maximum Gasteiger partial charge on any atom is 0.288 e. The lowest BCUT2D eigenvalue weighted by molar-refractivity contribution is 0.757. The van der Waals surface area contributed by atoms with E-state index in [1.54, 1.807) is 17.0 Å². The third-order valence-corrected chi connectivity index (χ3v) is 12.8. The summed E-state index contributed by atoms with van der Waals surface area (Å²) in [6.07, 6.45) is 5.25. The molecule has 9 rings (SSSR count). The molecule has 6 aromatic carbocycles. The maximum absolute atomic E-state index is 12.8. The highest BCUT2D eigenvalue weighted by molar-refractivity contribution is 9.10. The molecule has 0 aliphatic carbocycles. The van der Waals surface area contributed by atoms with Gasteiger partial charge in [-0.05, 0) is 115 Å². The van der Waals surface area contributed by atoms with Crippen molar-refractivity contribution < 1.29 is 0 Å². The van der Waals surface area contributed by atoms with Gasteiger partial charge in [-0.25, -0.2) is 0 Å². The molecule has 3 aromatic heterocycles. The summed E-state index contributed by atoms with van der Waals surface area (Å²) in [5, 5.41) is 8.02. The van der Waals surface area contributed by atoms with E-state index in [0.717, 1.165) is 44.8 Å². The Kier molecular flexibility index (Phi) is 17.6. The largest absolute Gasteiger partial charge is 0.325 e. The van der Waals surface area contributed by atoms with E-state index >= 15 is 0 Å². The van der Waals surface area contributed by atoms with Crippen molar-refractivity contribution in [3.63, 3.8) is 0 Å². The molecule has 0 atom stereocenters. The fourth-order valence-electron chi connectivity index (χ4n) is 6.84. The van der Waals surface area contributed by atoms with Crippen LogP contribution < -0.4 is 27.3 Å². The Bertz CT molecular complexity index is 3360. The minimum absolute atomic E-state index is 0.192. The highest BCUT2D eigenvalue weighted by atomic mass is 79.9. The van der Waals surface area contributed by atoms with Crippen LogP contribution >= 0.6 is 66.7 Å². The second-order valence-corrected chi connectivity index (χ2v) is 18.3. The predicted molar refractivity (Wildman–Crippen MR) is 287 cm³/mol. The van der Waals surface area contributed by atoms with Gasteiger partial charge in [-0.3, -0.25) is 14.4 Å². The number of anilines is 4. The average molecular weight is 1110 g/mol. The Hall–Kier alpha value is -6.61. The van der Waals surface area contributed by atoms with E-state index in [2.05, 4.69) is 69.6 Å². The molecular formula is C53H43Br2Cl3N8O3. The van der Waals surface area contributed by atoms with Crippen LogP contribution in [0.4, 0.5) is 23.3 Å². The maximum atomic E-state index is 12.8. The van der Waals surface area contributed by atoms with Crippen molar-refractivity contribution in [2.24, 2.45) is 0 Å².